The van der Waals surface area contributed by atoms with Gasteiger partial charge in [0.1, 0.15) is 0 Å². The van der Waals surface area contributed by atoms with E-state index in [0.29, 0.717) is 17.5 Å². The molecule has 17 heavy (non-hydrogen) atoms. The second-order valence-corrected chi connectivity index (χ2v) is 4.12. The molecule has 0 amide bonds. The average molecular weight is 243 g/mol. The van der Waals surface area contributed by atoms with E-state index in [1.165, 1.54) is 6.07 Å². The number of halogens is 3. The number of para-hydroxylation sites is 1. The number of benzene rings is 1. The molecule has 1 unspecified atom stereocenters. The molecule has 0 aliphatic carbocycles. The average Bonchev–Trinajstić information content (AvgIpc) is 2.55. The molecule has 0 aliphatic rings. The van der Waals surface area contributed by atoms with Crippen molar-refractivity contribution in [2.45, 2.75) is 25.6 Å². The summed E-state index contributed by atoms with van der Waals surface area (Å²) in [5, 5.41) is 9.73. The van der Waals surface area contributed by atoms with E-state index in [1.54, 1.807) is 19.1 Å². The Morgan fingerprint density at radius 2 is 2.06 bits per heavy atom. The van der Waals surface area contributed by atoms with Crippen LogP contribution in [-0.4, -0.2) is 16.2 Å². The van der Waals surface area contributed by atoms with Crippen molar-refractivity contribution in [3.05, 3.63) is 35.5 Å². The van der Waals surface area contributed by atoms with E-state index < -0.39 is 17.8 Å². The monoisotopic (exact) mass is 243 g/mol. The van der Waals surface area contributed by atoms with Gasteiger partial charge >= 0.3 is 6.18 Å². The summed E-state index contributed by atoms with van der Waals surface area (Å²) in [5.74, 6) is 0. The van der Waals surface area contributed by atoms with Gasteiger partial charge in [-0.15, -0.1) is 0 Å². The van der Waals surface area contributed by atoms with Gasteiger partial charge in [0.05, 0.1) is 17.2 Å². The summed E-state index contributed by atoms with van der Waals surface area (Å²) in [5.41, 5.74) is 0.00851. The summed E-state index contributed by atoms with van der Waals surface area (Å²) >= 11 is 0. The van der Waals surface area contributed by atoms with Crippen molar-refractivity contribution >= 4 is 10.9 Å². The van der Waals surface area contributed by atoms with Crippen molar-refractivity contribution < 1.29 is 18.3 Å². The SMILES string of the molecule is CC(O)Cc1cc2cccc(C(F)(F)F)c2[nH]1. The van der Waals surface area contributed by atoms with Crippen LogP contribution in [0.15, 0.2) is 24.3 Å². The predicted octanol–water partition coefficient (Wildman–Crippen LogP) is 3.11. The van der Waals surface area contributed by atoms with Crippen LogP contribution in [0, 0.1) is 0 Å². The Labute approximate surface area is 96.1 Å². The number of aliphatic hydroxyl groups is 1. The standard InChI is InChI=1S/C12H12F3NO/c1-7(17)5-9-6-8-3-2-4-10(11(8)16-9)12(13,14)15/h2-4,6-7,16-17H,5H2,1H3. The van der Waals surface area contributed by atoms with Gasteiger partial charge in [-0.05, 0) is 19.1 Å². The van der Waals surface area contributed by atoms with Crippen LogP contribution in [0.4, 0.5) is 13.2 Å². The van der Waals surface area contributed by atoms with Gasteiger partial charge < -0.3 is 10.1 Å². The van der Waals surface area contributed by atoms with E-state index in [4.69, 9.17) is 0 Å². The fourth-order valence-corrected chi connectivity index (χ4v) is 1.88. The number of fused-ring (bicyclic) bond motifs is 1. The number of nitrogens with one attached hydrogen (secondary N) is 1. The first-order chi connectivity index (χ1) is 7.88. The maximum absolute atomic E-state index is 12.7. The lowest BCUT2D eigenvalue weighted by Gasteiger charge is -2.07. The Morgan fingerprint density at radius 1 is 1.35 bits per heavy atom. The second kappa shape index (κ2) is 4.07. The first-order valence-electron chi connectivity index (χ1n) is 5.24. The van der Waals surface area contributed by atoms with Gasteiger partial charge in [-0.1, -0.05) is 12.1 Å². The Kier molecular flexibility index (Phi) is 2.87. The van der Waals surface area contributed by atoms with Crippen molar-refractivity contribution in [2.24, 2.45) is 0 Å². The highest BCUT2D eigenvalue weighted by Crippen LogP contribution is 2.34. The molecular weight excluding hydrogens is 231 g/mol. The number of aliphatic hydroxyl groups excluding tert-OH is 1. The van der Waals surface area contributed by atoms with Crippen LogP contribution in [-0.2, 0) is 12.6 Å². The smallest absolute Gasteiger partial charge is 0.393 e. The van der Waals surface area contributed by atoms with Crippen LogP contribution < -0.4 is 0 Å². The molecule has 5 heteroatoms. The first-order valence-corrected chi connectivity index (χ1v) is 5.24. The molecule has 2 rings (SSSR count). The summed E-state index contributed by atoms with van der Waals surface area (Å²) in [7, 11) is 0. The fraction of sp³-hybridized carbons (Fsp3) is 0.333. The predicted molar refractivity (Wildman–Crippen MR) is 58.7 cm³/mol. The van der Waals surface area contributed by atoms with E-state index in [9.17, 15) is 18.3 Å². The molecule has 1 heterocycles. The van der Waals surface area contributed by atoms with Gasteiger partial charge in [0, 0.05) is 17.5 Å². The summed E-state index contributed by atoms with van der Waals surface area (Å²) in [4.78, 5) is 2.72. The molecule has 0 saturated carbocycles. The van der Waals surface area contributed by atoms with Crippen molar-refractivity contribution in [3.63, 3.8) is 0 Å². The number of hydrogen-bond acceptors (Lipinski definition) is 1. The highest BCUT2D eigenvalue weighted by atomic mass is 19.4. The number of rotatable bonds is 2. The zero-order chi connectivity index (χ0) is 12.6. The lowest BCUT2D eigenvalue weighted by Crippen LogP contribution is -2.06. The molecule has 2 aromatic rings. The number of alkyl halides is 3. The molecule has 2 N–H and O–H groups in total. The molecule has 92 valence electrons. The number of aromatic nitrogens is 1. The minimum atomic E-state index is -4.37. The molecule has 2 nitrogen and oxygen atoms in total. The van der Waals surface area contributed by atoms with Crippen molar-refractivity contribution in [3.8, 4) is 0 Å². The Hall–Kier alpha value is -1.49. The zero-order valence-corrected chi connectivity index (χ0v) is 9.17. The second-order valence-electron chi connectivity index (χ2n) is 4.12. The third kappa shape index (κ3) is 2.44. The van der Waals surface area contributed by atoms with Crippen LogP contribution in [0.5, 0.6) is 0 Å². The number of aromatic amines is 1. The van der Waals surface area contributed by atoms with Gasteiger partial charge in [0.2, 0.25) is 0 Å². The van der Waals surface area contributed by atoms with E-state index in [0.717, 1.165) is 6.07 Å². The zero-order valence-electron chi connectivity index (χ0n) is 9.17. The van der Waals surface area contributed by atoms with Gasteiger partial charge in [-0.2, -0.15) is 13.2 Å². The molecule has 0 saturated heterocycles. The van der Waals surface area contributed by atoms with Crippen LogP contribution in [0.25, 0.3) is 10.9 Å². The maximum atomic E-state index is 12.7. The number of hydrogen-bond donors (Lipinski definition) is 2. The van der Waals surface area contributed by atoms with Gasteiger partial charge in [-0.3, -0.25) is 0 Å². The highest BCUT2D eigenvalue weighted by Gasteiger charge is 2.33. The minimum Gasteiger partial charge on any atom is -0.393 e. The Morgan fingerprint density at radius 3 is 2.65 bits per heavy atom. The Bertz CT molecular complexity index is 528. The van der Waals surface area contributed by atoms with Crippen molar-refractivity contribution in [1.29, 1.82) is 0 Å². The summed E-state index contributed by atoms with van der Waals surface area (Å²) < 4.78 is 38.2. The molecule has 0 radical (unpaired) electrons. The topological polar surface area (TPSA) is 36.0 Å². The minimum absolute atomic E-state index is 0.0793. The summed E-state index contributed by atoms with van der Waals surface area (Å²) in [6.07, 6.45) is -4.64. The summed E-state index contributed by atoms with van der Waals surface area (Å²) in [6, 6.07) is 5.68. The van der Waals surface area contributed by atoms with Gasteiger partial charge in [0.15, 0.2) is 0 Å². The molecule has 1 atom stereocenters. The molecule has 1 aromatic heterocycles. The first kappa shape index (κ1) is 12.0. The molecule has 0 spiro atoms. The summed E-state index contributed by atoms with van der Waals surface area (Å²) in [6.45, 7) is 1.59. The lowest BCUT2D eigenvalue weighted by molar-refractivity contribution is -0.136. The van der Waals surface area contributed by atoms with Gasteiger partial charge in [0.25, 0.3) is 0 Å². The van der Waals surface area contributed by atoms with E-state index in [2.05, 4.69) is 4.98 Å². The van der Waals surface area contributed by atoms with Gasteiger partial charge in [-0.25, -0.2) is 0 Å². The lowest BCUT2D eigenvalue weighted by atomic mass is 10.1. The third-order valence-electron chi connectivity index (χ3n) is 2.53. The maximum Gasteiger partial charge on any atom is 0.418 e. The van der Waals surface area contributed by atoms with Crippen LogP contribution in [0.3, 0.4) is 0 Å². The Balaban J connectivity index is 2.53. The van der Waals surface area contributed by atoms with Crippen LogP contribution >= 0.6 is 0 Å². The third-order valence-corrected chi connectivity index (χ3v) is 2.53. The molecule has 1 aromatic carbocycles. The number of H-pyrrole nitrogens is 1. The molecule has 0 aliphatic heterocycles. The van der Waals surface area contributed by atoms with Crippen LogP contribution in [0.1, 0.15) is 18.2 Å². The van der Waals surface area contributed by atoms with E-state index >= 15 is 0 Å². The largest absolute Gasteiger partial charge is 0.418 e. The highest BCUT2D eigenvalue weighted by molar-refractivity contribution is 5.84. The molecular formula is C12H12F3NO. The van der Waals surface area contributed by atoms with Crippen LogP contribution in [0.2, 0.25) is 0 Å². The quantitative estimate of drug-likeness (QED) is 0.835. The van der Waals surface area contributed by atoms with Crippen molar-refractivity contribution in [2.75, 3.05) is 0 Å². The van der Waals surface area contributed by atoms with E-state index in [-0.39, 0.29) is 5.52 Å². The molecule has 0 bridgehead atoms. The molecule has 0 fully saturated rings. The fourth-order valence-electron chi connectivity index (χ4n) is 1.88. The normalized spacial score (nSPS) is 14.2. The van der Waals surface area contributed by atoms with E-state index in [1.807, 2.05) is 0 Å². The van der Waals surface area contributed by atoms with Crippen molar-refractivity contribution in [1.82, 2.24) is 4.98 Å².